The SMILES string of the molecule is COc1ccc(-c2cc3c(cc2F)C(NC(=O)O[C@@H]2CN4CCC2CC4)C(C)(C)C3)c(F)c1. The molecule has 4 aliphatic rings. The average molecular weight is 457 g/mol. The number of hydrogen-bond donors (Lipinski definition) is 1. The number of benzene rings is 2. The number of carbonyl (C=O) groups is 1. The van der Waals surface area contributed by atoms with Gasteiger partial charge in [0.25, 0.3) is 0 Å². The molecule has 3 heterocycles. The van der Waals surface area contributed by atoms with Gasteiger partial charge in [0.1, 0.15) is 23.5 Å². The number of alkyl carbamates (subject to hydrolysis) is 1. The lowest BCUT2D eigenvalue weighted by molar-refractivity contribution is -0.0349. The highest BCUT2D eigenvalue weighted by Crippen LogP contribution is 2.47. The zero-order valence-electron chi connectivity index (χ0n) is 19.3. The van der Waals surface area contributed by atoms with Crippen molar-refractivity contribution >= 4 is 6.09 Å². The number of ether oxygens (including phenoxy) is 2. The molecule has 0 radical (unpaired) electrons. The van der Waals surface area contributed by atoms with Gasteiger partial charge in [-0.2, -0.15) is 0 Å². The molecular weight excluding hydrogens is 426 g/mol. The van der Waals surface area contributed by atoms with Gasteiger partial charge in [-0.1, -0.05) is 13.8 Å². The maximum atomic E-state index is 15.2. The third kappa shape index (κ3) is 4.07. The first kappa shape index (κ1) is 22.1. The van der Waals surface area contributed by atoms with Crippen LogP contribution in [0.1, 0.15) is 43.9 Å². The van der Waals surface area contributed by atoms with Crippen LogP contribution < -0.4 is 10.1 Å². The molecule has 3 fully saturated rings. The van der Waals surface area contributed by atoms with E-state index in [2.05, 4.69) is 10.2 Å². The normalized spacial score (nSPS) is 27.2. The highest BCUT2D eigenvalue weighted by molar-refractivity contribution is 5.71. The van der Waals surface area contributed by atoms with Crippen LogP contribution in [0.25, 0.3) is 11.1 Å². The summed E-state index contributed by atoms with van der Waals surface area (Å²) in [5.74, 6) is -0.261. The fraction of sp³-hybridized carbons (Fsp3) is 0.500. The summed E-state index contributed by atoms with van der Waals surface area (Å²) < 4.78 is 40.7. The van der Waals surface area contributed by atoms with Gasteiger partial charge in [0, 0.05) is 23.7 Å². The Balaban J connectivity index is 1.38. The Morgan fingerprint density at radius 3 is 2.45 bits per heavy atom. The van der Waals surface area contributed by atoms with E-state index in [0.717, 1.165) is 43.6 Å². The third-order valence-corrected chi connectivity index (χ3v) is 7.55. The van der Waals surface area contributed by atoms with Gasteiger partial charge in [-0.3, -0.25) is 4.90 Å². The first-order valence-corrected chi connectivity index (χ1v) is 11.6. The third-order valence-electron chi connectivity index (χ3n) is 7.55. The van der Waals surface area contributed by atoms with Crippen molar-refractivity contribution in [3.05, 3.63) is 53.1 Å². The summed E-state index contributed by atoms with van der Waals surface area (Å²) >= 11 is 0. The Labute approximate surface area is 193 Å². The van der Waals surface area contributed by atoms with Crippen molar-refractivity contribution in [2.75, 3.05) is 26.7 Å². The Morgan fingerprint density at radius 1 is 1.09 bits per heavy atom. The molecule has 0 saturated carbocycles. The second-order valence-corrected chi connectivity index (χ2v) is 10.2. The summed E-state index contributed by atoms with van der Waals surface area (Å²) in [6, 6.07) is 7.15. The van der Waals surface area contributed by atoms with Crippen LogP contribution in [0.3, 0.4) is 0 Å². The van der Waals surface area contributed by atoms with Gasteiger partial charge < -0.3 is 14.8 Å². The number of rotatable bonds is 4. The predicted molar refractivity (Wildman–Crippen MR) is 121 cm³/mol. The van der Waals surface area contributed by atoms with Gasteiger partial charge in [-0.15, -0.1) is 0 Å². The number of methoxy groups -OCH3 is 1. The summed E-state index contributed by atoms with van der Waals surface area (Å²) in [4.78, 5) is 15.1. The zero-order chi connectivity index (χ0) is 23.3. The van der Waals surface area contributed by atoms with Gasteiger partial charge in [0.2, 0.25) is 0 Å². The molecule has 0 aromatic heterocycles. The molecule has 1 amide bonds. The van der Waals surface area contributed by atoms with E-state index < -0.39 is 17.7 Å². The number of amides is 1. The van der Waals surface area contributed by atoms with Crippen molar-refractivity contribution in [1.29, 1.82) is 0 Å². The van der Waals surface area contributed by atoms with Gasteiger partial charge in [-0.05, 0) is 79.1 Å². The maximum Gasteiger partial charge on any atom is 0.407 e. The largest absolute Gasteiger partial charge is 0.497 e. The van der Waals surface area contributed by atoms with Crippen molar-refractivity contribution in [2.45, 2.75) is 45.3 Å². The second-order valence-electron chi connectivity index (χ2n) is 10.2. The molecule has 33 heavy (non-hydrogen) atoms. The molecule has 3 saturated heterocycles. The molecule has 2 aromatic rings. The van der Waals surface area contributed by atoms with Crippen LogP contribution in [-0.2, 0) is 11.2 Å². The number of piperidine rings is 3. The molecule has 7 heteroatoms. The number of nitrogens with zero attached hydrogens (tertiary/aromatic N) is 1. The fourth-order valence-electron chi connectivity index (χ4n) is 5.72. The number of nitrogens with one attached hydrogen (secondary N) is 1. The summed E-state index contributed by atoms with van der Waals surface area (Å²) in [6.45, 7) is 7.01. The quantitative estimate of drug-likeness (QED) is 0.697. The van der Waals surface area contributed by atoms with Crippen LogP contribution in [0, 0.1) is 23.0 Å². The van der Waals surface area contributed by atoms with Crippen molar-refractivity contribution in [2.24, 2.45) is 11.3 Å². The molecule has 176 valence electrons. The average Bonchev–Trinajstić information content (AvgIpc) is 3.03. The number of halogens is 2. The van der Waals surface area contributed by atoms with E-state index in [0.29, 0.717) is 18.1 Å². The van der Waals surface area contributed by atoms with Crippen molar-refractivity contribution in [3.63, 3.8) is 0 Å². The fourth-order valence-corrected chi connectivity index (χ4v) is 5.72. The lowest BCUT2D eigenvalue weighted by atomic mass is 9.85. The van der Waals surface area contributed by atoms with E-state index >= 15 is 4.39 Å². The molecule has 5 nitrogen and oxygen atoms in total. The summed E-state index contributed by atoms with van der Waals surface area (Å²) in [5, 5.41) is 3.01. The van der Waals surface area contributed by atoms with Crippen molar-refractivity contribution in [3.8, 4) is 16.9 Å². The minimum Gasteiger partial charge on any atom is -0.497 e. The smallest absolute Gasteiger partial charge is 0.407 e. The van der Waals surface area contributed by atoms with Crippen molar-refractivity contribution in [1.82, 2.24) is 10.2 Å². The minimum absolute atomic E-state index is 0.0892. The molecule has 2 aromatic carbocycles. The Kier molecular flexibility index (Phi) is 5.55. The van der Waals surface area contributed by atoms with Gasteiger partial charge in [0.05, 0.1) is 13.2 Å². The topological polar surface area (TPSA) is 50.8 Å². The number of hydrogen-bond acceptors (Lipinski definition) is 4. The van der Waals surface area contributed by atoms with E-state index in [-0.39, 0.29) is 28.7 Å². The van der Waals surface area contributed by atoms with E-state index in [4.69, 9.17) is 9.47 Å². The lowest BCUT2D eigenvalue weighted by Crippen LogP contribution is -2.53. The Bertz CT molecular complexity index is 1080. The molecule has 6 rings (SSSR count). The standard InChI is InChI=1S/C26H30F2N2O3/c1-26(2)13-16-10-20(18-5-4-17(32-3)11-21(18)27)22(28)12-19(16)24(26)29-25(31)33-23-14-30-8-6-15(23)7-9-30/h4-5,10-12,15,23-24H,6-9,13-14H2,1-3H3,(H,29,31)/t23-,24?/m1/s1. The zero-order valence-corrected chi connectivity index (χ0v) is 19.3. The first-order valence-electron chi connectivity index (χ1n) is 11.6. The highest BCUT2D eigenvalue weighted by atomic mass is 19.1. The highest BCUT2D eigenvalue weighted by Gasteiger charge is 2.42. The van der Waals surface area contributed by atoms with E-state index in [1.165, 1.54) is 25.3 Å². The molecule has 0 spiro atoms. The lowest BCUT2D eigenvalue weighted by Gasteiger charge is -2.44. The van der Waals surface area contributed by atoms with E-state index in [9.17, 15) is 9.18 Å². The van der Waals surface area contributed by atoms with E-state index in [1.54, 1.807) is 12.1 Å². The number of fused-ring (bicyclic) bond motifs is 4. The summed E-state index contributed by atoms with van der Waals surface area (Å²) in [5.41, 5.74) is 1.69. The summed E-state index contributed by atoms with van der Waals surface area (Å²) in [6.07, 6.45) is 2.22. The Morgan fingerprint density at radius 2 is 1.82 bits per heavy atom. The molecule has 1 aliphatic carbocycles. The predicted octanol–water partition coefficient (Wildman–Crippen LogP) is 5.08. The maximum absolute atomic E-state index is 15.2. The second kappa shape index (κ2) is 8.28. The van der Waals surface area contributed by atoms with Crippen LogP contribution in [-0.4, -0.2) is 43.8 Å². The van der Waals surface area contributed by atoms with Crippen LogP contribution in [0.5, 0.6) is 5.75 Å². The monoisotopic (exact) mass is 456 g/mol. The van der Waals surface area contributed by atoms with Crippen molar-refractivity contribution < 1.29 is 23.0 Å². The Hall–Kier alpha value is -2.67. The van der Waals surface area contributed by atoms with Crippen LogP contribution in [0.15, 0.2) is 30.3 Å². The van der Waals surface area contributed by atoms with Gasteiger partial charge >= 0.3 is 6.09 Å². The number of carbonyl (C=O) groups excluding carboxylic acids is 1. The van der Waals surface area contributed by atoms with Gasteiger partial charge in [0.15, 0.2) is 0 Å². The summed E-state index contributed by atoms with van der Waals surface area (Å²) in [7, 11) is 1.46. The minimum atomic E-state index is -0.541. The molecule has 1 unspecified atom stereocenters. The molecule has 3 aliphatic heterocycles. The van der Waals surface area contributed by atoms with E-state index in [1.807, 2.05) is 13.8 Å². The van der Waals surface area contributed by atoms with Crippen LogP contribution in [0.4, 0.5) is 13.6 Å². The molecule has 2 bridgehead atoms. The molecule has 1 N–H and O–H groups in total. The van der Waals surface area contributed by atoms with Gasteiger partial charge in [-0.25, -0.2) is 13.6 Å². The first-order chi connectivity index (χ1) is 15.7. The van der Waals surface area contributed by atoms with Crippen LogP contribution in [0.2, 0.25) is 0 Å². The molecule has 2 atom stereocenters. The van der Waals surface area contributed by atoms with Crippen LogP contribution >= 0.6 is 0 Å². The molecular formula is C26H30F2N2O3.